The van der Waals surface area contributed by atoms with E-state index in [0.29, 0.717) is 26.2 Å². The Kier molecular flexibility index (Phi) is 5.49. The highest BCUT2D eigenvalue weighted by Gasteiger charge is 2.28. The number of carbonyl (C=O) groups is 2. The largest absolute Gasteiger partial charge is 0.359 e. The van der Waals surface area contributed by atoms with Gasteiger partial charge in [-0.2, -0.15) is 0 Å². The van der Waals surface area contributed by atoms with Crippen molar-refractivity contribution in [1.82, 2.24) is 20.1 Å². The Morgan fingerprint density at radius 1 is 1.32 bits per heavy atom. The fourth-order valence-electron chi connectivity index (χ4n) is 2.80. The summed E-state index contributed by atoms with van der Waals surface area (Å²) in [7, 11) is 1.64. The highest BCUT2D eigenvalue weighted by atomic mass is 16.2. The molecule has 1 aliphatic rings. The Morgan fingerprint density at radius 3 is 2.73 bits per heavy atom. The Labute approximate surface area is 131 Å². The number of pyridine rings is 1. The Balaban J connectivity index is 2.10. The van der Waals surface area contributed by atoms with Crippen LogP contribution in [0.4, 0.5) is 0 Å². The standard InChI is InChI=1S/C16H24N4O2/c1-12-5-4-6-15(18-12)11-19-7-8-20(13(2)21)10-14(9-19)16(22)17-3/h4-6,14H,7-11H2,1-3H3,(H,17,22). The number of amides is 2. The normalized spacial score (nSPS) is 19.6. The number of rotatable bonds is 3. The lowest BCUT2D eigenvalue weighted by Crippen LogP contribution is -2.40. The molecule has 1 N–H and O–H groups in total. The third-order valence-corrected chi connectivity index (χ3v) is 4.00. The maximum atomic E-state index is 12.0. The number of hydrogen-bond donors (Lipinski definition) is 1. The van der Waals surface area contributed by atoms with E-state index in [4.69, 9.17) is 0 Å². The van der Waals surface area contributed by atoms with Crippen LogP contribution >= 0.6 is 0 Å². The molecule has 1 aliphatic heterocycles. The Morgan fingerprint density at radius 2 is 2.09 bits per heavy atom. The van der Waals surface area contributed by atoms with Crippen molar-refractivity contribution in [1.29, 1.82) is 0 Å². The van der Waals surface area contributed by atoms with E-state index >= 15 is 0 Å². The monoisotopic (exact) mass is 304 g/mol. The van der Waals surface area contributed by atoms with Crippen molar-refractivity contribution in [2.45, 2.75) is 20.4 Å². The van der Waals surface area contributed by atoms with Crippen molar-refractivity contribution < 1.29 is 9.59 Å². The topological polar surface area (TPSA) is 65.5 Å². The van der Waals surface area contributed by atoms with E-state index in [9.17, 15) is 9.59 Å². The van der Waals surface area contributed by atoms with Crippen LogP contribution in [0.25, 0.3) is 0 Å². The number of aromatic nitrogens is 1. The molecule has 22 heavy (non-hydrogen) atoms. The van der Waals surface area contributed by atoms with Crippen LogP contribution in [0.1, 0.15) is 18.3 Å². The average molecular weight is 304 g/mol. The molecule has 0 saturated carbocycles. The first-order valence-electron chi connectivity index (χ1n) is 7.61. The number of nitrogens with one attached hydrogen (secondary N) is 1. The lowest BCUT2D eigenvalue weighted by Gasteiger charge is -2.22. The minimum atomic E-state index is -0.207. The summed E-state index contributed by atoms with van der Waals surface area (Å²) in [4.78, 5) is 32.2. The third-order valence-electron chi connectivity index (χ3n) is 4.00. The number of carbonyl (C=O) groups excluding carboxylic acids is 2. The van der Waals surface area contributed by atoms with E-state index in [1.165, 1.54) is 0 Å². The molecule has 1 aromatic heterocycles. The molecule has 0 spiro atoms. The maximum Gasteiger partial charge on any atom is 0.225 e. The summed E-state index contributed by atoms with van der Waals surface area (Å²) in [5.41, 5.74) is 1.98. The Bertz CT molecular complexity index is 547. The summed E-state index contributed by atoms with van der Waals surface area (Å²) >= 11 is 0. The van der Waals surface area contributed by atoms with Crippen molar-refractivity contribution in [2.24, 2.45) is 5.92 Å². The zero-order valence-corrected chi connectivity index (χ0v) is 13.5. The van der Waals surface area contributed by atoms with E-state index in [1.807, 2.05) is 25.1 Å². The summed E-state index contributed by atoms with van der Waals surface area (Å²) in [6.07, 6.45) is 0. The molecule has 1 atom stereocenters. The molecule has 2 heterocycles. The van der Waals surface area contributed by atoms with E-state index in [0.717, 1.165) is 17.9 Å². The van der Waals surface area contributed by atoms with Crippen molar-refractivity contribution >= 4 is 11.8 Å². The summed E-state index contributed by atoms with van der Waals surface area (Å²) in [5, 5.41) is 2.70. The maximum absolute atomic E-state index is 12.0. The summed E-state index contributed by atoms with van der Waals surface area (Å²) in [6.45, 7) is 6.74. The second-order valence-corrected chi connectivity index (χ2v) is 5.78. The van der Waals surface area contributed by atoms with Gasteiger partial charge in [-0.05, 0) is 19.1 Å². The fraction of sp³-hybridized carbons (Fsp3) is 0.562. The van der Waals surface area contributed by atoms with E-state index in [-0.39, 0.29) is 17.7 Å². The first-order chi connectivity index (χ1) is 10.5. The van der Waals surface area contributed by atoms with E-state index < -0.39 is 0 Å². The van der Waals surface area contributed by atoms with Crippen LogP contribution in [-0.2, 0) is 16.1 Å². The molecule has 2 rings (SSSR count). The molecular formula is C16H24N4O2. The zero-order valence-electron chi connectivity index (χ0n) is 13.5. The van der Waals surface area contributed by atoms with Crippen LogP contribution in [0.15, 0.2) is 18.2 Å². The van der Waals surface area contributed by atoms with Crippen LogP contribution in [0.5, 0.6) is 0 Å². The van der Waals surface area contributed by atoms with E-state index in [2.05, 4.69) is 15.2 Å². The number of nitrogens with zero attached hydrogens (tertiary/aromatic N) is 3. The van der Waals surface area contributed by atoms with Gasteiger partial charge in [0.05, 0.1) is 11.6 Å². The van der Waals surface area contributed by atoms with Gasteiger partial charge in [-0.15, -0.1) is 0 Å². The molecule has 1 aromatic rings. The average Bonchev–Trinajstić information content (AvgIpc) is 2.69. The second-order valence-electron chi connectivity index (χ2n) is 5.78. The van der Waals surface area contributed by atoms with Gasteiger partial charge in [-0.3, -0.25) is 19.5 Å². The van der Waals surface area contributed by atoms with Crippen LogP contribution in [0.2, 0.25) is 0 Å². The molecular weight excluding hydrogens is 280 g/mol. The second kappa shape index (κ2) is 7.35. The van der Waals surface area contributed by atoms with Gasteiger partial charge in [0.25, 0.3) is 0 Å². The smallest absolute Gasteiger partial charge is 0.225 e. The van der Waals surface area contributed by atoms with Crippen LogP contribution in [0, 0.1) is 12.8 Å². The number of hydrogen-bond acceptors (Lipinski definition) is 4. The van der Waals surface area contributed by atoms with Crippen LogP contribution in [-0.4, -0.2) is 59.8 Å². The zero-order chi connectivity index (χ0) is 16.1. The lowest BCUT2D eigenvalue weighted by molar-refractivity contribution is -0.130. The minimum absolute atomic E-state index is 0.0180. The highest BCUT2D eigenvalue weighted by Crippen LogP contribution is 2.13. The van der Waals surface area contributed by atoms with Crippen LogP contribution < -0.4 is 5.32 Å². The van der Waals surface area contributed by atoms with Gasteiger partial charge in [-0.25, -0.2) is 0 Å². The lowest BCUT2D eigenvalue weighted by atomic mass is 10.1. The van der Waals surface area contributed by atoms with Crippen molar-refractivity contribution in [3.63, 3.8) is 0 Å². The summed E-state index contributed by atoms with van der Waals surface area (Å²) in [6, 6.07) is 5.96. The van der Waals surface area contributed by atoms with Gasteiger partial charge in [-0.1, -0.05) is 6.07 Å². The molecule has 6 nitrogen and oxygen atoms in total. The summed E-state index contributed by atoms with van der Waals surface area (Å²) in [5.74, 6) is -0.207. The van der Waals surface area contributed by atoms with Crippen molar-refractivity contribution in [2.75, 3.05) is 33.2 Å². The molecule has 1 unspecified atom stereocenters. The Hall–Kier alpha value is -1.95. The molecule has 0 radical (unpaired) electrons. The predicted octanol–water partition coefficient (Wildman–Crippen LogP) is 0.416. The summed E-state index contributed by atoms with van der Waals surface area (Å²) < 4.78 is 0. The molecule has 120 valence electrons. The third kappa shape index (κ3) is 4.27. The molecule has 1 saturated heterocycles. The molecule has 0 aromatic carbocycles. The quantitative estimate of drug-likeness (QED) is 0.879. The first kappa shape index (κ1) is 16.4. The van der Waals surface area contributed by atoms with Crippen molar-refractivity contribution in [3.05, 3.63) is 29.6 Å². The van der Waals surface area contributed by atoms with Gasteiger partial charge in [0.2, 0.25) is 11.8 Å². The van der Waals surface area contributed by atoms with Gasteiger partial charge in [0.1, 0.15) is 0 Å². The molecule has 0 bridgehead atoms. The molecule has 6 heteroatoms. The predicted molar refractivity (Wildman–Crippen MR) is 84.1 cm³/mol. The van der Waals surface area contributed by atoms with Gasteiger partial charge in [0.15, 0.2) is 0 Å². The molecule has 0 aliphatic carbocycles. The molecule has 1 fully saturated rings. The fourth-order valence-corrected chi connectivity index (χ4v) is 2.80. The minimum Gasteiger partial charge on any atom is -0.359 e. The van der Waals surface area contributed by atoms with Gasteiger partial charge >= 0.3 is 0 Å². The molecule has 2 amide bonds. The van der Waals surface area contributed by atoms with E-state index in [1.54, 1.807) is 18.9 Å². The van der Waals surface area contributed by atoms with Gasteiger partial charge in [0, 0.05) is 52.4 Å². The number of aryl methyl sites for hydroxylation is 1. The van der Waals surface area contributed by atoms with Crippen LogP contribution in [0.3, 0.4) is 0 Å². The first-order valence-corrected chi connectivity index (χ1v) is 7.61. The highest BCUT2D eigenvalue weighted by molar-refractivity contribution is 5.80. The van der Waals surface area contributed by atoms with Crippen molar-refractivity contribution in [3.8, 4) is 0 Å². The van der Waals surface area contributed by atoms with Gasteiger partial charge < -0.3 is 10.2 Å². The SMILES string of the molecule is CNC(=O)C1CN(Cc2cccc(C)n2)CCN(C(C)=O)C1.